The second-order valence-electron chi connectivity index (χ2n) is 29.2. The zero-order valence-electron chi connectivity index (χ0n) is 50.3. The molecule has 0 bridgehead atoms. The quantitative estimate of drug-likeness (QED) is 0.124. The van der Waals surface area contributed by atoms with Crippen LogP contribution in [-0.2, 0) is 37.0 Å². The highest BCUT2D eigenvalue weighted by Crippen LogP contribution is 2.52. The average molecular weight is 1040 g/mol. The lowest BCUT2D eigenvalue weighted by Gasteiger charge is -2.39. The standard InChI is InChI=1S/C68H94O4P2/c1-61(2,3)47-29-37-57(53(41-47)65(13,14)15)69-73(70-58-38-30-48(62(4,5)6)42-54(58)66(16,17)18)51-33-25-45(26-34-51)46-27-35-52(36-28-46)74(71-59-39-31-49(63(7,8)9)43-55(59)67(19,20)21)72-60-40-32-50(64(10,11)12)44-56(60)68(22,23)24/h25-43,56H,44H2,1-24H3. The fourth-order valence-electron chi connectivity index (χ4n) is 9.22. The molecule has 0 N–H and O–H groups in total. The first-order chi connectivity index (χ1) is 33.7. The molecule has 1 aliphatic carbocycles. The van der Waals surface area contributed by atoms with Crippen LogP contribution in [0.2, 0.25) is 0 Å². The van der Waals surface area contributed by atoms with Gasteiger partial charge in [-0.25, -0.2) is 0 Å². The van der Waals surface area contributed by atoms with Gasteiger partial charge in [0.15, 0.2) is 0 Å². The van der Waals surface area contributed by atoms with Crippen molar-refractivity contribution < 1.29 is 18.1 Å². The molecule has 74 heavy (non-hydrogen) atoms. The lowest BCUT2D eigenvalue weighted by atomic mass is 9.70. The molecule has 0 amide bonds. The fraction of sp³-hybridized carbons (Fsp3) is 0.500. The minimum Gasteiger partial charge on any atom is -0.440 e. The molecule has 6 rings (SSSR count). The average Bonchev–Trinajstić information content (AvgIpc) is 3.26. The topological polar surface area (TPSA) is 36.9 Å². The van der Waals surface area contributed by atoms with Gasteiger partial charge in [-0.3, -0.25) is 0 Å². The van der Waals surface area contributed by atoms with Crippen molar-refractivity contribution in [3.8, 4) is 28.4 Å². The summed E-state index contributed by atoms with van der Waals surface area (Å²) in [5.41, 5.74) is 10.6. The Labute approximate surface area is 453 Å². The van der Waals surface area contributed by atoms with Crippen molar-refractivity contribution in [2.45, 2.75) is 205 Å². The molecular weight excluding hydrogens is 943 g/mol. The zero-order chi connectivity index (χ0) is 55.4. The molecule has 1 aliphatic rings. The molecule has 0 fully saturated rings. The van der Waals surface area contributed by atoms with E-state index in [-0.39, 0.29) is 49.2 Å². The van der Waals surface area contributed by atoms with Crippen molar-refractivity contribution in [1.82, 2.24) is 0 Å². The molecule has 0 aromatic heterocycles. The van der Waals surface area contributed by atoms with Crippen LogP contribution in [-0.4, -0.2) is 0 Å². The maximum Gasteiger partial charge on any atom is 0.326 e. The molecule has 0 radical (unpaired) electrons. The number of hydrogen-bond donors (Lipinski definition) is 0. The van der Waals surface area contributed by atoms with Crippen molar-refractivity contribution >= 4 is 27.4 Å². The van der Waals surface area contributed by atoms with Gasteiger partial charge in [0, 0.05) is 22.6 Å². The molecule has 0 saturated carbocycles. The van der Waals surface area contributed by atoms with Gasteiger partial charge < -0.3 is 18.1 Å². The Morgan fingerprint density at radius 3 is 0.919 bits per heavy atom. The Morgan fingerprint density at radius 1 is 0.338 bits per heavy atom. The molecule has 6 heteroatoms. The van der Waals surface area contributed by atoms with Gasteiger partial charge in [0.2, 0.25) is 0 Å². The van der Waals surface area contributed by atoms with Crippen LogP contribution in [0.15, 0.2) is 127 Å². The van der Waals surface area contributed by atoms with Gasteiger partial charge in [-0.05, 0) is 126 Å². The monoisotopic (exact) mass is 1040 g/mol. The molecule has 5 aromatic rings. The van der Waals surface area contributed by atoms with Gasteiger partial charge in [0.05, 0.1) is 10.6 Å². The largest absolute Gasteiger partial charge is 0.440 e. The zero-order valence-corrected chi connectivity index (χ0v) is 52.1. The maximum atomic E-state index is 7.27. The van der Waals surface area contributed by atoms with Crippen molar-refractivity contribution in [3.63, 3.8) is 0 Å². The summed E-state index contributed by atoms with van der Waals surface area (Å²) >= 11 is 0. The summed E-state index contributed by atoms with van der Waals surface area (Å²) in [6.45, 7) is 54.7. The second kappa shape index (κ2) is 21.2. The highest BCUT2D eigenvalue weighted by atomic mass is 31.2. The Balaban J connectivity index is 1.42. The Morgan fingerprint density at radius 2 is 0.649 bits per heavy atom. The van der Waals surface area contributed by atoms with Crippen molar-refractivity contribution in [1.29, 1.82) is 0 Å². The molecule has 0 spiro atoms. The third-order valence-corrected chi connectivity index (χ3v) is 17.3. The van der Waals surface area contributed by atoms with E-state index in [9.17, 15) is 0 Å². The smallest absolute Gasteiger partial charge is 0.326 e. The van der Waals surface area contributed by atoms with Crippen molar-refractivity contribution in [3.05, 3.63) is 160 Å². The highest BCUT2D eigenvalue weighted by molar-refractivity contribution is 7.57. The van der Waals surface area contributed by atoms with Gasteiger partial charge in [0.25, 0.3) is 0 Å². The van der Waals surface area contributed by atoms with Crippen LogP contribution in [0, 0.1) is 16.7 Å². The van der Waals surface area contributed by atoms with E-state index in [1.807, 2.05) is 0 Å². The first kappa shape index (κ1) is 58.9. The van der Waals surface area contributed by atoms with E-state index >= 15 is 0 Å². The van der Waals surface area contributed by atoms with Crippen molar-refractivity contribution in [2.24, 2.45) is 16.7 Å². The number of allylic oxidation sites excluding steroid dienone is 4. The van der Waals surface area contributed by atoms with E-state index in [4.69, 9.17) is 18.1 Å². The summed E-state index contributed by atoms with van der Waals surface area (Å²) in [4.78, 5) is 0. The van der Waals surface area contributed by atoms with E-state index in [0.29, 0.717) is 0 Å². The normalized spacial score (nSPS) is 15.9. The van der Waals surface area contributed by atoms with E-state index in [1.165, 1.54) is 39.0 Å². The molecule has 4 nitrogen and oxygen atoms in total. The van der Waals surface area contributed by atoms with Crippen LogP contribution in [0.5, 0.6) is 17.2 Å². The Bertz CT molecular complexity index is 2730. The highest BCUT2D eigenvalue weighted by Gasteiger charge is 2.38. The van der Waals surface area contributed by atoms with Crippen LogP contribution in [0.3, 0.4) is 0 Å². The summed E-state index contributed by atoms with van der Waals surface area (Å²) < 4.78 is 28.9. The van der Waals surface area contributed by atoms with E-state index in [2.05, 4.69) is 281 Å². The van der Waals surface area contributed by atoms with Gasteiger partial charge in [-0.1, -0.05) is 238 Å². The number of benzene rings is 5. The summed E-state index contributed by atoms with van der Waals surface area (Å²) in [5.74, 6) is 3.75. The van der Waals surface area contributed by atoms with E-state index < -0.39 is 16.8 Å². The number of hydrogen-bond acceptors (Lipinski definition) is 4. The lowest BCUT2D eigenvalue weighted by Crippen LogP contribution is -2.28. The molecule has 400 valence electrons. The molecule has 0 heterocycles. The van der Waals surface area contributed by atoms with E-state index in [0.717, 1.165) is 51.2 Å². The Hall–Kier alpha value is -4.36. The van der Waals surface area contributed by atoms with Crippen LogP contribution in [0.1, 0.15) is 206 Å². The van der Waals surface area contributed by atoms with Gasteiger partial charge in [-0.2, -0.15) is 0 Å². The summed E-state index contributed by atoms with van der Waals surface area (Å²) in [7, 11) is -3.21. The van der Waals surface area contributed by atoms with Gasteiger partial charge >= 0.3 is 16.8 Å². The third kappa shape index (κ3) is 14.6. The molecule has 2 atom stereocenters. The first-order valence-corrected chi connectivity index (χ1v) is 29.5. The van der Waals surface area contributed by atoms with Crippen LogP contribution in [0.4, 0.5) is 0 Å². The summed E-state index contributed by atoms with van der Waals surface area (Å²) in [6, 6.07) is 37.7. The Kier molecular flexibility index (Phi) is 16.9. The van der Waals surface area contributed by atoms with Crippen LogP contribution < -0.4 is 24.2 Å². The second-order valence-corrected chi connectivity index (χ2v) is 32.0. The van der Waals surface area contributed by atoms with Gasteiger partial charge in [-0.15, -0.1) is 0 Å². The predicted octanol–water partition coefficient (Wildman–Crippen LogP) is 20.2. The van der Waals surface area contributed by atoms with Crippen LogP contribution in [0.25, 0.3) is 11.1 Å². The minimum absolute atomic E-state index is 0.00201. The number of rotatable bonds is 11. The molecule has 5 aromatic carbocycles. The molecule has 2 unspecified atom stereocenters. The predicted molar refractivity (Wildman–Crippen MR) is 323 cm³/mol. The van der Waals surface area contributed by atoms with Crippen LogP contribution >= 0.6 is 16.8 Å². The molecule has 0 aliphatic heterocycles. The summed E-state index contributed by atoms with van der Waals surface area (Å²) in [6.07, 6.45) is 5.46. The van der Waals surface area contributed by atoms with Gasteiger partial charge in [0.1, 0.15) is 23.0 Å². The third-order valence-electron chi connectivity index (χ3n) is 14.4. The fourth-order valence-corrected chi connectivity index (χ4v) is 11.9. The SMILES string of the molecule is CC(C)(C)C1=CC=C(OP(Oc2ccc(C(C)(C)C)cc2C(C)(C)C)c2ccc(-c3ccc(P(Oc4ccc(C(C)(C)C)cc4C(C)(C)C)Oc4ccc(C(C)(C)C)cc4C(C)(C)C)cc3)cc2)C(C(C)(C)C)C1. The summed E-state index contributed by atoms with van der Waals surface area (Å²) in [5, 5.41) is 2.01. The first-order valence-electron chi connectivity index (χ1n) is 27.1. The van der Waals surface area contributed by atoms with E-state index in [1.54, 1.807) is 0 Å². The maximum absolute atomic E-state index is 7.27. The van der Waals surface area contributed by atoms with Crippen molar-refractivity contribution in [2.75, 3.05) is 0 Å². The minimum atomic E-state index is -1.62. The molecular formula is C68H94O4P2. The molecule has 0 saturated heterocycles. The lowest BCUT2D eigenvalue weighted by molar-refractivity contribution is 0.201.